The van der Waals surface area contributed by atoms with Crippen molar-refractivity contribution in [3.8, 4) is 22.8 Å². The summed E-state index contributed by atoms with van der Waals surface area (Å²) in [6.07, 6.45) is 6.63. The van der Waals surface area contributed by atoms with Crippen molar-refractivity contribution in [3.63, 3.8) is 0 Å². The molecular formula is C38H28N4O2P2. The third kappa shape index (κ3) is 5.22. The Morgan fingerprint density at radius 2 is 0.674 bits per heavy atom. The van der Waals surface area contributed by atoms with Crippen LogP contribution >= 0.6 is 14.3 Å². The number of benzene rings is 5. The molecule has 7 aromatic rings. The van der Waals surface area contributed by atoms with E-state index < -0.39 is 14.3 Å². The molecule has 8 heteroatoms. The van der Waals surface area contributed by atoms with Gasteiger partial charge in [0.2, 0.25) is 0 Å². The summed E-state index contributed by atoms with van der Waals surface area (Å²) in [5, 5.41) is 3.44. The highest BCUT2D eigenvalue weighted by Crippen LogP contribution is 2.50. The molecule has 5 aromatic carbocycles. The molecule has 0 atom stereocenters. The Morgan fingerprint density at radius 1 is 0.370 bits per heavy atom. The molecule has 0 aliphatic heterocycles. The monoisotopic (exact) mass is 634 g/mol. The lowest BCUT2D eigenvalue weighted by molar-refractivity contribution is 0.592. The van der Waals surface area contributed by atoms with Crippen LogP contribution in [0.1, 0.15) is 0 Å². The van der Waals surface area contributed by atoms with Crippen molar-refractivity contribution < 1.29 is 9.13 Å². The van der Waals surface area contributed by atoms with Crippen molar-refractivity contribution in [1.82, 2.24) is 19.9 Å². The summed E-state index contributed by atoms with van der Waals surface area (Å²) in [5.74, 6) is 0.748. The normalized spacial score (nSPS) is 11.7. The molecular weight excluding hydrogens is 606 g/mol. The molecule has 7 rings (SSSR count). The molecule has 0 saturated carbocycles. The van der Waals surface area contributed by atoms with Gasteiger partial charge in [0, 0.05) is 67.7 Å². The van der Waals surface area contributed by atoms with Gasteiger partial charge in [0.1, 0.15) is 0 Å². The van der Waals surface area contributed by atoms with Gasteiger partial charge in [-0.25, -0.2) is 19.9 Å². The van der Waals surface area contributed by atoms with Crippen LogP contribution in [0.4, 0.5) is 0 Å². The average molecular weight is 635 g/mol. The molecule has 2 heterocycles. The second kappa shape index (κ2) is 12.6. The van der Waals surface area contributed by atoms with Crippen LogP contribution in [0, 0.1) is 0 Å². The molecule has 0 bridgehead atoms. The molecule has 0 fully saturated rings. The van der Waals surface area contributed by atoms with E-state index >= 15 is 9.13 Å². The topological polar surface area (TPSA) is 85.7 Å². The fraction of sp³-hybridized carbons (Fsp3) is 0. The van der Waals surface area contributed by atoms with Crippen LogP contribution in [0.3, 0.4) is 0 Å². The molecule has 0 radical (unpaired) electrons. The Bertz CT molecular complexity index is 1980. The van der Waals surface area contributed by atoms with E-state index in [2.05, 4.69) is 19.9 Å². The minimum Gasteiger partial charge on any atom is -0.309 e. The number of hydrogen-bond donors (Lipinski definition) is 0. The van der Waals surface area contributed by atoms with Crippen LogP contribution in [-0.4, -0.2) is 19.9 Å². The summed E-state index contributed by atoms with van der Waals surface area (Å²) in [5.41, 5.74) is 1.05. The van der Waals surface area contributed by atoms with Gasteiger partial charge in [0.05, 0.1) is 0 Å². The second-order valence-corrected chi connectivity index (χ2v) is 16.1. The quantitative estimate of drug-likeness (QED) is 0.194. The first kappa shape index (κ1) is 29.4. The van der Waals surface area contributed by atoms with Gasteiger partial charge < -0.3 is 9.13 Å². The summed E-state index contributed by atoms with van der Waals surface area (Å²) in [6, 6.07) is 44.9. The zero-order chi connectivity index (χ0) is 31.4. The SMILES string of the molecule is O=P(c1ccccc1)(c1ccccc1)c1cc(-c2ncccn2)cc(P(=O)(c2ccccc2)c2ccccc2)c1-c1ncccn1. The van der Waals surface area contributed by atoms with E-state index in [1.165, 1.54) is 0 Å². The number of aromatic nitrogens is 4. The first-order valence-electron chi connectivity index (χ1n) is 14.8. The zero-order valence-electron chi connectivity index (χ0n) is 24.7. The lowest BCUT2D eigenvalue weighted by Gasteiger charge is -2.28. The fourth-order valence-corrected chi connectivity index (χ4v) is 11.6. The molecule has 0 unspecified atom stereocenters. The molecule has 46 heavy (non-hydrogen) atoms. The minimum atomic E-state index is -3.66. The van der Waals surface area contributed by atoms with Gasteiger partial charge in [-0.3, -0.25) is 0 Å². The molecule has 0 spiro atoms. The first-order chi connectivity index (χ1) is 22.6. The summed E-state index contributed by atoms with van der Waals surface area (Å²) in [6.45, 7) is 0. The third-order valence-corrected chi connectivity index (χ3v) is 14.0. The van der Waals surface area contributed by atoms with Crippen LogP contribution in [0.15, 0.2) is 170 Å². The zero-order valence-corrected chi connectivity index (χ0v) is 26.5. The highest BCUT2D eigenvalue weighted by Gasteiger charge is 2.40. The standard InChI is InChI=1S/C38H28N4O2P2/c43-45(30-15-5-1-6-16-30,31-17-7-2-8-18-31)34-27-29(37-39-23-13-24-40-37)28-35(36(34)38-41-25-14-26-42-38)46(44,32-19-9-3-10-20-32)33-21-11-4-12-22-33/h1-28H. The molecule has 0 aliphatic rings. The van der Waals surface area contributed by atoms with Crippen LogP contribution < -0.4 is 31.8 Å². The Balaban J connectivity index is 1.71. The number of rotatable bonds is 8. The van der Waals surface area contributed by atoms with Crippen molar-refractivity contribution in [2.45, 2.75) is 0 Å². The molecule has 6 nitrogen and oxygen atoms in total. The Kier molecular flexibility index (Phi) is 8.07. The Morgan fingerprint density at radius 3 is 1.00 bits per heavy atom. The van der Waals surface area contributed by atoms with Gasteiger partial charge in [-0.15, -0.1) is 0 Å². The number of nitrogens with zero attached hydrogens (tertiary/aromatic N) is 4. The van der Waals surface area contributed by atoms with Crippen LogP contribution in [0.5, 0.6) is 0 Å². The van der Waals surface area contributed by atoms with Gasteiger partial charge in [0.25, 0.3) is 0 Å². The van der Waals surface area contributed by atoms with E-state index in [4.69, 9.17) is 0 Å². The van der Waals surface area contributed by atoms with E-state index in [0.717, 1.165) is 0 Å². The van der Waals surface area contributed by atoms with Crippen LogP contribution in [0.2, 0.25) is 0 Å². The van der Waals surface area contributed by atoms with E-state index in [1.54, 1.807) is 36.9 Å². The Hall–Kier alpha value is -5.28. The maximum atomic E-state index is 16.2. The van der Waals surface area contributed by atoms with Gasteiger partial charge in [0.15, 0.2) is 25.9 Å². The van der Waals surface area contributed by atoms with E-state index in [9.17, 15) is 0 Å². The molecule has 0 N–H and O–H groups in total. The van der Waals surface area contributed by atoms with Crippen molar-refractivity contribution in [2.75, 3.05) is 0 Å². The molecule has 2 aromatic heterocycles. The molecule has 0 saturated heterocycles. The maximum absolute atomic E-state index is 16.2. The molecule has 0 aliphatic carbocycles. The summed E-state index contributed by atoms with van der Waals surface area (Å²) in [7, 11) is -7.33. The summed E-state index contributed by atoms with van der Waals surface area (Å²) >= 11 is 0. The largest absolute Gasteiger partial charge is 0.309 e. The fourth-order valence-electron chi connectivity index (χ4n) is 5.75. The lowest BCUT2D eigenvalue weighted by atomic mass is 10.1. The molecule has 0 amide bonds. The smallest absolute Gasteiger partial charge is 0.171 e. The summed E-state index contributed by atoms with van der Waals surface area (Å²) in [4.78, 5) is 18.5. The minimum absolute atomic E-state index is 0.326. The maximum Gasteiger partial charge on any atom is 0.171 e. The van der Waals surface area contributed by atoms with Crippen molar-refractivity contribution >= 4 is 46.1 Å². The highest BCUT2D eigenvalue weighted by molar-refractivity contribution is 7.87. The van der Waals surface area contributed by atoms with Gasteiger partial charge >= 0.3 is 0 Å². The highest BCUT2D eigenvalue weighted by atomic mass is 31.2. The second-order valence-electron chi connectivity index (χ2n) is 10.6. The average Bonchev–Trinajstić information content (AvgIpc) is 3.16. The lowest BCUT2D eigenvalue weighted by Crippen LogP contribution is -2.34. The van der Waals surface area contributed by atoms with Crippen molar-refractivity contribution in [1.29, 1.82) is 0 Å². The third-order valence-electron chi connectivity index (χ3n) is 7.87. The summed E-state index contributed by atoms with van der Waals surface area (Å²) < 4.78 is 32.3. The van der Waals surface area contributed by atoms with E-state index in [0.29, 0.717) is 54.6 Å². The van der Waals surface area contributed by atoms with Gasteiger partial charge in [-0.1, -0.05) is 121 Å². The first-order valence-corrected chi connectivity index (χ1v) is 18.2. The van der Waals surface area contributed by atoms with Crippen molar-refractivity contribution in [2.24, 2.45) is 0 Å². The predicted molar refractivity (Wildman–Crippen MR) is 187 cm³/mol. The molecule has 222 valence electrons. The van der Waals surface area contributed by atoms with E-state index in [-0.39, 0.29) is 0 Å². The number of hydrogen-bond acceptors (Lipinski definition) is 6. The van der Waals surface area contributed by atoms with Gasteiger partial charge in [-0.2, -0.15) is 0 Å². The van der Waals surface area contributed by atoms with E-state index in [1.807, 2.05) is 133 Å². The predicted octanol–water partition coefficient (Wildman–Crippen LogP) is 5.88. The Labute approximate surface area is 267 Å². The van der Waals surface area contributed by atoms with Gasteiger partial charge in [-0.05, 0) is 24.3 Å². The van der Waals surface area contributed by atoms with Crippen LogP contribution in [0.25, 0.3) is 22.8 Å². The van der Waals surface area contributed by atoms with Crippen molar-refractivity contribution in [3.05, 3.63) is 170 Å². The van der Waals surface area contributed by atoms with Crippen LogP contribution in [-0.2, 0) is 9.13 Å².